The summed E-state index contributed by atoms with van der Waals surface area (Å²) >= 11 is 0. The van der Waals surface area contributed by atoms with Crippen molar-refractivity contribution in [2.24, 2.45) is 0 Å². The molecule has 3 heterocycles. The Balaban J connectivity index is 1.37. The first kappa shape index (κ1) is 17.6. The van der Waals surface area contributed by atoms with Gasteiger partial charge >= 0.3 is 0 Å². The smallest absolute Gasteiger partial charge is 0.255 e. The van der Waals surface area contributed by atoms with Crippen molar-refractivity contribution in [3.8, 4) is 11.5 Å². The lowest BCUT2D eigenvalue weighted by atomic mass is 10.1. The molecule has 1 amide bonds. The van der Waals surface area contributed by atoms with E-state index in [-0.39, 0.29) is 17.8 Å². The maximum absolute atomic E-state index is 13.3. The van der Waals surface area contributed by atoms with Crippen molar-refractivity contribution in [1.82, 2.24) is 9.88 Å². The molecule has 0 spiro atoms. The molecule has 0 aliphatic carbocycles. The number of benzene rings is 1. The molecule has 1 saturated heterocycles. The lowest BCUT2D eigenvalue weighted by Crippen LogP contribution is -2.42. The normalized spacial score (nSPS) is 17.3. The van der Waals surface area contributed by atoms with Crippen molar-refractivity contribution in [2.45, 2.75) is 18.9 Å². The first-order valence-corrected chi connectivity index (χ1v) is 9.15. The van der Waals surface area contributed by atoms with Gasteiger partial charge in [-0.25, -0.2) is 9.37 Å². The molecule has 27 heavy (non-hydrogen) atoms. The molecule has 0 atom stereocenters. The van der Waals surface area contributed by atoms with Gasteiger partial charge in [0.15, 0.2) is 11.6 Å². The Bertz CT molecular complexity index is 837. The largest absolute Gasteiger partial charge is 0.490 e. The van der Waals surface area contributed by atoms with Gasteiger partial charge < -0.3 is 19.3 Å². The zero-order valence-corrected chi connectivity index (χ0v) is 15.2. The van der Waals surface area contributed by atoms with Crippen LogP contribution >= 0.6 is 0 Å². The van der Waals surface area contributed by atoms with E-state index in [2.05, 4.69) is 4.98 Å². The summed E-state index contributed by atoms with van der Waals surface area (Å²) in [6, 6.07) is 7.92. The first-order valence-electron chi connectivity index (χ1n) is 9.15. The molecule has 4 rings (SSSR count). The molecule has 0 unspecified atom stereocenters. The van der Waals surface area contributed by atoms with E-state index >= 15 is 0 Å². The van der Waals surface area contributed by atoms with Crippen molar-refractivity contribution in [3.63, 3.8) is 0 Å². The number of halogens is 1. The van der Waals surface area contributed by atoms with Gasteiger partial charge in [-0.05, 0) is 18.2 Å². The van der Waals surface area contributed by atoms with Gasteiger partial charge in [-0.1, -0.05) is 6.07 Å². The Morgan fingerprint density at radius 1 is 1.26 bits per heavy atom. The van der Waals surface area contributed by atoms with E-state index in [4.69, 9.17) is 9.47 Å². The number of nitrogens with zero attached hydrogens (tertiary/aromatic N) is 3. The van der Waals surface area contributed by atoms with Crippen LogP contribution in [0.4, 0.5) is 10.2 Å². The minimum Gasteiger partial charge on any atom is -0.490 e. The molecular formula is C20H22FN3O3. The number of anilines is 1. The summed E-state index contributed by atoms with van der Waals surface area (Å²) in [5.74, 6) is 1.58. The molecule has 2 aromatic rings. The summed E-state index contributed by atoms with van der Waals surface area (Å²) in [6.07, 6.45) is 3.01. The van der Waals surface area contributed by atoms with Crippen molar-refractivity contribution in [3.05, 3.63) is 47.9 Å². The van der Waals surface area contributed by atoms with Crippen LogP contribution in [0.3, 0.4) is 0 Å². The van der Waals surface area contributed by atoms with Crippen molar-refractivity contribution < 1.29 is 18.7 Å². The first-order chi connectivity index (χ1) is 13.1. The van der Waals surface area contributed by atoms with Crippen LogP contribution in [-0.4, -0.2) is 55.2 Å². The third kappa shape index (κ3) is 3.82. The third-order valence-corrected chi connectivity index (χ3v) is 4.95. The molecule has 0 radical (unpaired) electrons. The fourth-order valence-corrected chi connectivity index (χ4v) is 3.44. The highest BCUT2D eigenvalue weighted by atomic mass is 19.1. The molecule has 0 N–H and O–H groups in total. The van der Waals surface area contributed by atoms with Crippen LogP contribution in [0, 0.1) is 5.82 Å². The average molecular weight is 371 g/mol. The molecule has 7 heteroatoms. The van der Waals surface area contributed by atoms with Crippen LogP contribution in [0.1, 0.15) is 23.2 Å². The number of likely N-dealkylation sites (tertiary alicyclic amines) is 1. The third-order valence-electron chi connectivity index (χ3n) is 4.95. The van der Waals surface area contributed by atoms with E-state index in [0.717, 1.165) is 12.4 Å². The van der Waals surface area contributed by atoms with Crippen LogP contribution in [0.2, 0.25) is 0 Å². The van der Waals surface area contributed by atoms with E-state index < -0.39 is 0 Å². The highest BCUT2D eigenvalue weighted by molar-refractivity contribution is 5.94. The van der Waals surface area contributed by atoms with Crippen LogP contribution in [0.15, 0.2) is 36.5 Å². The number of ether oxygens (including phenoxy) is 2. The quantitative estimate of drug-likeness (QED) is 0.830. The average Bonchev–Trinajstić information content (AvgIpc) is 2.68. The molecule has 2 aliphatic heterocycles. The van der Waals surface area contributed by atoms with Crippen LogP contribution in [0.25, 0.3) is 0 Å². The minimum absolute atomic E-state index is 0.0190. The lowest BCUT2D eigenvalue weighted by molar-refractivity contribution is 0.0594. The zero-order valence-electron chi connectivity index (χ0n) is 15.2. The number of rotatable bonds is 3. The number of piperidine rings is 1. The van der Waals surface area contributed by atoms with E-state index in [0.29, 0.717) is 49.6 Å². The van der Waals surface area contributed by atoms with Gasteiger partial charge in [0.1, 0.15) is 24.3 Å². The Morgan fingerprint density at radius 2 is 2.07 bits per heavy atom. The highest BCUT2D eigenvalue weighted by Crippen LogP contribution is 2.29. The molecule has 1 fully saturated rings. The SMILES string of the molecule is CN1CCOc2cc(C(=O)N3CCC(Oc4cccc(F)c4)CC3)cnc21. The van der Waals surface area contributed by atoms with Gasteiger partial charge in [0.05, 0.1) is 12.1 Å². The molecule has 6 nitrogen and oxygen atoms in total. The van der Waals surface area contributed by atoms with Gasteiger partial charge in [0.25, 0.3) is 5.91 Å². The number of aromatic nitrogens is 1. The number of hydrogen-bond acceptors (Lipinski definition) is 5. The monoisotopic (exact) mass is 371 g/mol. The number of carbonyl (C=O) groups excluding carboxylic acids is 1. The fraction of sp³-hybridized carbons (Fsp3) is 0.400. The van der Waals surface area contributed by atoms with Gasteiger partial charge in [0.2, 0.25) is 0 Å². The Morgan fingerprint density at radius 3 is 2.85 bits per heavy atom. The van der Waals surface area contributed by atoms with E-state index in [9.17, 15) is 9.18 Å². The molecule has 2 aliphatic rings. The molecule has 1 aromatic carbocycles. The summed E-state index contributed by atoms with van der Waals surface area (Å²) < 4.78 is 24.7. The molecular weight excluding hydrogens is 349 g/mol. The van der Waals surface area contributed by atoms with Crippen molar-refractivity contribution in [2.75, 3.05) is 38.2 Å². The maximum Gasteiger partial charge on any atom is 0.255 e. The Kier molecular flexibility index (Phi) is 4.83. The number of fused-ring (bicyclic) bond motifs is 1. The highest BCUT2D eigenvalue weighted by Gasteiger charge is 2.26. The number of amides is 1. The van der Waals surface area contributed by atoms with Gasteiger partial charge in [-0.3, -0.25) is 4.79 Å². The maximum atomic E-state index is 13.3. The summed E-state index contributed by atoms with van der Waals surface area (Å²) in [6.45, 7) is 2.56. The van der Waals surface area contributed by atoms with E-state index in [1.165, 1.54) is 12.1 Å². The van der Waals surface area contributed by atoms with Crippen LogP contribution in [0.5, 0.6) is 11.5 Å². The fourth-order valence-electron chi connectivity index (χ4n) is 3.44. The summed E-state index contributed by atoms with van der Waals surface area (Å²) in [4.78, 5) is 21.0. The van der Waals surface area contributed by atoms with Gasteiger partial charge in [0, 0.05) is 45.2 Å². The Hall–Kier alpha value is -2.83. The molecule has 0 saturated carbocycles. The predicted molar refractivity (Wildman–Crippen MR) is 99.0 cm³/mol. The van der Waals surface area contributed by atoms with Crippen LogP contribution < -0.4 is 14.4 Å². The standard InChI is InChI=1S/C20H22FN3O3/c1-23-9-10-26-18-11-14(13-22-19(18)23)20(25)24-7-5-16(6-8-24)27-17-4-2-3-15(21)12-17/h2-4,11-13,16H,5-10H2,1H3. The summed E-state index contributed by atoms with van der Waals surface area (Å²) in [5.41, 5.74) is 0.536. The van der Waals surface area contributed by atoms with Crippen molar-refractivity contribution >= 4 is 11.7 Å². The second-order valence-electron chi connectivity index (χ2n) is 6.88. The molecule has 0 bridgehead atoms. The molecule has 142 valence electrons. The zero-order chi connectivity index (χ0) is 18.8. The number of likely N-dealkylation sites (N-methyl/N-ethyl adjacent to an activating group) is 1. The van der Waals surface area contributed by atoms with Crippen molar-refractivity contribution in [1.29, 1.82) is 0 Å². The van der Waals surface area contributed by atoms with Crippen LogP contribution in [-0.2, 0) is 0 Å². The Labute approximate surface area is 157 Å². The molecule has 1 aromatic heterocycles. The predicted octanol–water partition coefficient (Wildman–Crippen LogP) is 2.73. The number of hydrogen-bond donors (Lipinski definition) is 0. The number of carbonyl (C=O) groups is 1. The summed E-state index contributed by atoms with van der Waals surface area (Å²) in [7, 11) is 1.96. The topological polar surface area (TPSA) is 54.9 Å². The summed E-state index contributed by atoms with van der Waals surface area (Å²) in [5, 5.41) is 0. The van der Waals surface area contributed by atoms with Gasteiger partial charge in [-0.15, -0.1) is 0 Å². The van der Waals surface area contributed by atoms with E-state index in [1.54, 1.807) is 29.3 Å². The number of pyridine rings is 1. The minimum atomic E-state index is -0.312. The van der Waals surface area contributed by atoms with Gasteiger partial charge in [-0.2, -0.15) is 0 Å². The van der Waals surface area contributed by atoms with E-state index in [1.807, 2.05) is 11.9 Å². The second kappa shape index (κ2) is 7.42. The lowest BCUT2D eigenvalue weighted by Gasteiger charge is -2.32. The second-order valence-corrected chi connectivity index (χ2v) is 6.88.